The van der Waals surface area contributed by atoms with Crippen LogP contribution in [0.15, 0.2) is 30.5 Å². The number of fused-ring (bicyclic) bond motifs is 1. The van der Waals surface area contributed by atoms with Crippen LogP contribution in [0.1, 0.15) is 25.3 Å². The summed E-state index contributed by atoms with van der Waals surface area (Å²) in [7, 11) is 0. The molecule has 0 bridgehead atoms. The van der Waals surface area contributed by atoms with E-state index in [1.54, 1.807) is 0 Å². The number of esters is 1. The second-order valence-electron chi connectivity index (χ2n) is 4.41. The molecule has 1 aromatic carbocycles. The molecular weight excluding hydrogens is 240 g/mol. The van der Waals surface area contributed by atoms with Gasteiger partial charge in [-0.25, -0.2) is 0 Å². The highest BCUT2D eigenvalue weighted by molar-refractivity contribution is 5.86. The van der Waals surface area contributed by atoms with Crippen LogP contribution in [0.25, 0.3) is 10.9 Å². The molecule has 0 radical (unpaired) electrons. The number of carbonyl (C=O) groups excluding carboxylic acids is 1. The molecule has 0 spiro atoms. The SMILES string of the molecule is CC(=O)OCCCCn1cc(C#N)c2ccccc21. The van der Waals surface area contributed by atoms with E-state index in [1.807, 2.05) is 30.5 Å². The van der Waals surface area contributed by atoms with Crippen molar-refractivity contribution in [2.45, 2.75) is 26.3 Å². The first-order valence-corrected chi connectivity index (χ1v) is 6.33. The van der Waals surface area contributed by atoms with Gasteiger partial charge in [0.15, 0.2) is 0 Å². The first-order valence-electron chi connectivity index (χ1n) is 6.33. The van der Waals surface area contributed by atoms with Gasteiger partial charge in [0, 0.05) is 30.6 Å². The normalized spacial score (nSPS) is 10.3. The molecule has 4 heteroatoms. The topological polar surface area (TPSA) is 55.0 Å². The number of nitriles is 1. The monoisotopic (exact) mass is 256 g/mol. The van der Waals surface area contributed by atoms with Crippen molar-refractivity contribution in [2.75, 3.05) is 6.61 Å². The Bertz CT molecular complexity index is 623. The summed E-state index contributed by atoms with van der Waals surface area (Å²) in [6, 6.07) is 10.1. The number of benzene rings is 1. The Morgan fingerprint density at radius 1 is 1.37 bits per heavy atom. The van der Waals surface area contributed by atoms with E-state index in [-0.39, 0.29) is 5.97 Å². The molecule has 0 saturated heterocycles. The van der Waals surface area contributed by atoms with E-state index in [1.165, 1.54) is 6.92 Å². The molecule has 0 aliphatic rings. The summed E-state index contributed by atoms with van der Waals surface area (Å²) in [5.41, 5.74) is 1.78. The number of carbonyl (C=O) groups is 1. The van der Waals surface area contributed by atoms with Crippen molar-refractivity contribution in [3.63, 3.8) is 0 Å². The van der Waals surface area contributed by atoms with Crippen molar-refractivity contribution >= 4 is 16.9 Å². The maximum Gasteiger partial charge on any atom is 0.302 e. The Morgan fingerprint density at radius 2 is 2.16 bits per heavy atom. The maximum atomic E-state index is 10.6. The molecule has 1 heterocycles. The first kappa shape index (κ1) is 13.2. The molecule has 2 rings (SSSR count). The van der Waals surface area contributed by atoms with Crippen LogP contribution < -0.4 is 0 Å². The number of nitrogens with zero attached hydrogens (tertiary/aromatic N) is 2. The molecule has 0 fully saturated rings. The van der Waals surface area contributed by atoms with E-state index < -0.39 is 0 Å². The zero-order valence-corrected chi connectivity index (χ0v) is 10.9. The van der Waals surface area contributed by atoms with E-state index in [0.717, 1.165) is 30.3 Å². The lowest BCUT2D eigenvalue weighted by atomic mass is 10.2. The lowest BCUT2D eigenvalue weighted by Crippen LogP contribution is -2.02. The molecule has 0 unspecified atom stereocenters. The van der Waals surface area contributed by atoms with Crippen LogP contribution in [-0.4, -0.2) is 17.1 Å². The van der Waals surface area contributed by atoms with Crippen molar-refractivity contribution in [1.82, 2.24) is 4.57 Å². The van der Waals surface area contributed by atoms with Crippen LogP contribution in [0.3, 0.4) is 0 Å². The number of hydrogen-bond acceptors (Lipinski definition) is 3. The van der Waals surface area contributed by atoms with Crippen LogP contribution in [0, 0.1) is 11.3 Å². The van der Waals surface area contributed by atoms with Crippen molar-refractivity contribution in [2.24, 2.45) is 0 Å². The number of rotatable bonds is 5. The third-order valence-corrected chi connectivity index (χ3v) is 3.01. The summed E-state index contributed by atoms with van der Waals surface area (Å²) in [6.45, 7) is 2.70. The largest absolute Gasteiger partial charge is 0.466 e. The van der Waals surface area contributed by atoms with E-state index in [0.29, 0.717) is 12.2 Å². The lowest BCUT2D eigenvalue weighted by Gasteiger charge is -2.05. The molecule has 1 aromatic heterocycles. The summed E-state index contributed by atoms with van der Waals surface area (Å²) in [5.74, 6) is -0.238. The first-order chi connectivity index (χ1) is 9.22. The maximum absolute atomic E-state index is 10.6. The van der Waals surface area contributed by atoms with Crippen LogP contribution in [0.4, 0.5) is 0 Å². The molecule has 0 amide bonds. The minimum Gasteiger partial charge on any atom is -0.466 e. The Labute approximate surface area is 112 Å². The molecule has 0 N–H and O–H groups in total. The van der Waals surface area contributed by atoms with Gasteiger partial charge in [-0.15, -0.1) is 0 Å². The summed E-state index contributed by atoms with van der Waals surface area (Å²) in [6.07, 6.45) is 3.63. The van der Waals surface area contributed by atoms with Gasteiger partial charge in [-0.05, 0) is 18.9 Å². The predicted molar refractivity (Wildman–Crippen MR) is 72.5 cm³/mol. The van der Waals surface area contributed by atoms with Crippen molar-refractivity contribution in [3.05, 3.63) is 36.0 Å². The Balaban J connectivity index is 2.01. The van der Waals surface area contributed by atoms with Gasteiger partial charge < -0.3 is 9.30 Å². The molecule has 0 saturated carbocycles. The molecule has 98 valence electrons. The van der Waals surface area contributed by atoms with Gasteiger partial charge in [-0.1, -0.05) is 18.2 Å². The highest BCUT2D eigenvalue weighted by Gasteiger charge is 2.06. The fraction of sp³-hybridized carbons (Fsp3) is 0.333. The van der Waals surface area contributed by atoms with Crippen LogP contribution in [0.5, 0.6) is 0 Å². The predicted octanol–water partition coefficient (Wildman–Crippen LogP) is 2.86. The zero-order chi connectivity index (χ0) is 13.7. The van der Waals surface area contributed by atoms with Crippen LogP contribution >= 0.6 is 0 Å². The van der Waals surface area contributed by atoms with Gasteiger partial charge in [0.25, 0.3) is 0 Å². The van der Waals surface area contributed by atoms with Gasteiger partial charge in [-0.3, -0.25) is 4.79 Å². The van der Waals surface area contributed by atoms with Gasteiger partial charge in [0.1, 0.15) is 6.07 Å². The molecule has 19 heavy (non-hydrogen) atoms. The van der Waals surface area contributed by atoms with E-state index in [2.05, 4.69) is 10.6 Å². The minimum absolute atomic E-state index is 0.238. The molecule has 2 aromatic rings. The number of ether oxygens (including phenoxy) is 1. The summed E-state index contributed by atoms with van der Waals surface area (Å²) in [4.78, 5) is 10.6. The number of para-hydroxylation sites is 1. The van der Waals surface area contributed by atoms with Gasteiger partial charge in [0.2, 0.25) is 0 Å². The van der Waals surface area contributed by atoms with Gasteiger partial charge in [-0.2, -0.15) is 5.26 Å². The second-order valence-corrected chi connectivity index (χ2v) is 4.41. The Kier molecular flexibility index (Phi) is 4.19. The molecule has 0 aliphatic heterocycles. The van der Waals surface area contributed by atoms with Crippen molar-refractivity contribution in [3.8, 4) is 6.07 Å². The van der Waals surface area contributed by atoms with Gasteiger partial charge >= 0.3 is 5.97 Å². The average Bonchev–Trinajstić information content (AvgIpc) is 2.76. The zero-order valence-electron chi connectivity index (χ0n) is 10.9. The number of aryl methyl sites for hydroxylation is 1. The third-order valence-electron chi connectivity index (χ3n) is 3.01. The Hall–Kier alpha value is -2.28. The lowest BCUT2D eigenvalue weighted by molar-refractivity contribution is -0.141. The highest BCUT2D eigenvalue weighted by atomic mass is 16.5. The molecule has 0 atom stereocenters. The highest BCUT2D eigenvalue weighted by Crippen LogP contribution is 2.20. The fourth-order valence-electron chi connectivity index (χ4n) is 2.12. The van der Waals surface area contributed by atoms with E-state index in [9.17, 15) is 4.79 Å². The Morgan fingerprint density at radius 3 is 2.89 bits per heavy atom. The average molecular weight is 256 g/mol. The van der Waals surface area contributed by atoms with E-state index >= 15 is 0 Å². The summed E-state index contributed by atoms with van der Waals surface area (Å²) < 4.78 is 6.98. The smallest absolute Gasteiger partial charge is 0.302 e. The van der Waals surface area contributed by atoms with Crippen LogP contribution in [0.2, 0.25) is 0 Å². The minimum atomic E-state index is -0.238. The molecular formula is C15H16N2O2. The third kappa shape index (κ3) is 3.14. The number of hydrogen-bond donors (Lipinski definition) is 0. The van der Waals surface area contributed by atoms with E-state index in [4.69, 9.17) is 10.00 Å². The quantitative estimate of drug-likeness (QED) is 0.610. The van der Waals surface area contributed by atoms with Crippen molar-refractivity contribution in [1.29, 1.82) is 5.26 Å². The second kappa shape index (κ2) is 6.05. The fourth-order valence-corrected chi connectivity index (χ4v) is 2.12. The summed E-state index contributed by atoms with van der Waals surface area (Å²) in [5, 5.41) is 10.1. The number of aromatic nitrogens is 1. The standard InChI is InChI=1S/C15H16N2O2/c1-12(18)19-9-5-4-8-17-11-13(10-16)14-6-2-3-7-15(14)17/h2-3,6-7,11H,4-5,8-9H2,1H3. The van der Waals surface area contributed by atoms with Crippen LogP contribution in [-0.2, 0) is 16.1 Å². The molecule has 0 aliphatic carbocycles. The molecule has 4 nitrogen and oxygen atoms in total. The summed E-state index contributed by atoms with van der Waals surface area (Å²) >= 11 is 0. The van der Waals surface area contributed by atoms with Gasteiger partial charge in [0.05, 0.1) is 12.2 Å². The van der Waals surface area contributed by atoms with Crippen molar-refractivity contribution < 1.29 is 9.53 Å². The number of unbranched alkanes of at least 4 members (excludes halogenated alkanes) is 1.